The van der Waals surface area contributed by atoms with Gasteiger partial charge in [0.15, 0.2) is 0 Å². The fourth-order valence-corrected chi connectivity index (χ4v) is 11.5. The lowest BCUT2D eigenvalue weighted by Gasteiger charge is -2.33. The Balaban J connectivity index is -0.000000266. The van der Waals surface area contributed by atoms with Crippen molar-refractivity contribution in [1.82, 2.24) is 0 Å². The van der Waals surface area contributed by atoms with Crippen molar-refractivity contribution in [2.24, 2.45) is 0 Å². The van der Waals surface area contributed by atoms with E-state index in [1.807, 2.05) is 90.0 Å². The van der Waals surface area contributed by atoms with Gasteiger partial charge in [0, 0.05) is 140 Å². The maximum Gasteiger partial charge on any atom is 0.0836 e. The molecule has 0 saturated carbocycles. The molecule has 0 rings (SSSR count). The molecule has 4 atom stereocenters. The summed E-state index contributed by atoms with van der Waals surface area (Å²) in [4.78, 5) is 0. The zero-order valence-electron chi connectivity index (χ0n) is 144. The summed E-state index contributed by atoms with van der Waals surface area (Å²) < 4.78 is 444. The molecule has 0 radical (unpaired) electrons. The van der Waals surface area contributed by atoms with Gasteiger partial charge in [-0.25, -0.2) is 0 Å². The first-order valence-corrected chi connectivity index (χ1v) is 45.2. The molecule has 0 N–H and O–H groups in total. The van der Waals surface area contributed by atoms with E-state index in [4.69, 9.17) is 151 Å². The Labute approximate surface area is 908 Å². The van der Waals surface area contributed by atoms with Crippen LogP contribution in [0.2, 0.25) is 0 Å². The Kier molecular flexibility index (Phi) is 36.7. The summed E-state index contributed by atoms with van der Waals surface area (Å²) >= 11 is 0. The van der Waals surface area contributed by atoms with Crippen molar-refractivity contribution in [3.63, 3.8) is 0 Å². The molecule has 0 heterocycles. The molecule has 0 aromatic heterocycles. The number of ether oxygens (including phenoxy) is 18. The van der Waals surface area contributed by atoms with Crippen LogP contribution in [0.15, 0.2) is 100 Å². The minimum absolute atomic E-state index is 0.00181. The van der Waals surface area contributed by atoms with Gasteiger partial charge in [0.05, 0.1) is 149 Å². The van der Waals surface area contributed by atoms with Gasteiger partial charge < -0.3 is 85.3 Å². The largest absolute Gasteiger partial charge is 0.374 e. The summed E-state index contributed by atoms with van der Waals surface area (Å²) in [5.41, 5.74) is -2.59. The van der Waals surface area contributed by atoms with E-state index < -0.39 is 238 Å². The maximum absolute atomic E-state index is 7.58. The Morgan fingerprint density at radius 3 is 0.511 bits per heavy atom. The first-order chi connectivity index (χ1) is 78.9. The van der Waals surface area contributed by atoms with Crippen LogP contribution < -0.4 is 0 Å². The minimum Gasteiger partial charge on any atom is -0.374 e. The highest BCUT2D eigenvalue weighted by Crippen LogP contribution is 2.40. The summed E-state index contributed by atoms with van der Waals surface area (Å²) in [7, 11) is -22.4. The summed E-state index contributed by atoms with van der Waals surface area (Å²) in [6, 6.07) is 0. The third-order valence-corrected chi connectivity index (χ3v) is 27.1. The monoisotopic (exact) mass is 1980 g/mol. The van der Waals surface area contributed by atoms with E-state index in [1.54, 1.807) is 291 Å². The highest BCUT2D eigenvalue weighted by molar-refractivity contribution is 5.32. The Hall–Kier alpha value is -3.06. The van der Waals surface area contributed by atoms with Crippen LogP contribution in [0.3, 0.4) is 0 Å². The third-order valence-electron chi connectivity index (χ3n) is 27.1. The number of hydrogen-bond acceptors (Lipinski definition) is 18. The molecule has 18 heteroatoms. The molecular formula is C117H234O18. The molecule has 0 aliphatic carbocycles. The molecule has 0 amide bonds. The van der Waals surface area contributed by atoms with Crippen LogP contribution in [0.25, 0.3) is 0 Å². The molecule has 0 fully saturated rings. The van der Waals surface area contributed by atoms with E-state index in [-0.39, 0.29) is 27.0 Å². The molecule has 0 aromatic carbocycles. The minimum atomic E-state index is -2.55. The van der Waals surface area contributed by atoms with Crippen LogP contribution in [0.5, 0.6) is 0 Å². The highest BCUT2D eigenvalue weighted by Gasteiger charge is 2.38. The van der Waals surface area contributed by atoms with Crippen molar-refractivity contribution in [3.05, 3.63) is 100 Å². The lowest BCUT2D eigenvalue weighted by Crippen LogP contribution is -2.32. The van der Waals surface area contributed by atoms with E-state index >= 15 is 0 Å². The maximum atomic E-state index is 7.58. The summed E-state index contributed by atoms with van der Waals surface area (Å²) in [6.07, 6.45) is 0. The number of methoxy groups -OCH3 is 9. The van der Waals surface area contributed by atoms with Gasteiger partial charge in [0.1, 0.15) is 0 Å². The normalized spacial score (nSPS) is 22.6. The van der Waals surface area contributed by atoms with Crippen LogP contribution in [-0.2, 0) is 85.3 Å². The third kappa shape index (κ3) is 52.3. The van der Waals surface area contributed by atoms with Gasteiger partial charge in [-0.3, -0.25) is 0 Å². The number of hydrogen-bond donors (Lipinski definition) is 0. The Morgan fingerprint density at radius 2 is 0.341 bits per heavy atom. The molecule has 0 saturated heterocycles. The topological polar surface area (TPSA) is 166 Å². The van der Waals surface area contributed by atoms with Crippen LogP contribution >= 0.6 is 0 Å². The molecule has 810 valence electrons. The average molecular weight is 1980 g/mol. The van der Waals surface area contributed by atoms with Gasteiger partial charge in [-0.15, -0.1) is 0 Å². The SMILES string of the molecule is [2H]C(C)OC(C)(C)/C(C)=C(/C)C(C)(C)OC([2H])([2H])[2H].[2H]C(OC(C)(C)/C(C)=C(/C)C(C)(C)OC([2H])([2H])[2H])C([2H])([2H])[2H].[2H]C([2H])([2H])COC(C)(C)/C(C)=C(/C)C(C)(C)OC([2H])([2H])[2H].[2H]C([2H])([2H])OC(C)(C)/C(C)=C(/C)C(C)(C)OC([2H])([2H])C.[2H]C([2H])C([2H])OC(C)(C)/C(C)=C(/C)C(C)(C)OC([2H])([2H])[2H].[2H]C([2H])COC(C)(C)/C(C)=C(/C)C(C)(C)OC([2H])([2H])[2H].[2H]CC([2H])([2H])OC(C)(C)/C(C)=C(/C)C(C)(C)OC([2H])([2H])[2H].[2H]CC([2H])OC(C)(C)/C(C)=C(/C)C(C)(C)OC([2H])([2H])[2H].[2H]CCOC(C)(C)/C(C)=C(/C)C(C)(C)OC([2H])([2H])[2H]. The van der Waals surface area contributed by atoms with E-state index in [0.29, 0.717) is 45.6 Å². The molecule has 135 heavy (non-hydrogen) atoms. The van der Waals surface area contributed by atoms with Gasteiger partial charge in [-0.1, -0.05) is 0 Å². The van der Waals surface area contributed by atoms with Crippen LogP contribution in [0, 0.1) is 0 Å². The molecule has 0 aliphatic rings. The van der Waals surface area contributed by atoms with Crippen molar-refractivity contribution in [1.29, 1.82) is 0 Å². The first kappa shape index (κ1) is 77.4. The second kappa shape index (κ2) is 63.9. The fraction of sp³-hybridized carbons (Fsp3) is 0.846. The predicted molar refractivity (Wildman–Crippen MR) is 587 cm³/mol. The van der Waals surface area contributed by atoms with Gasteiger partial charge in [0.2, 0.25) is 0 Å². The smallest absolute Gasteiger partial charge is 0.0836 e. The summed E-state index contributed by atoms with van der Waals surface area (Å²) in [6.45, 7) is 81.4. The molecular weight excluding hydrogens is 1690 g/mol. The Bertz CT molecular complexity index is 5390. The second-order valence-electron chi connectivity index (χ2n) is 42.0. The van der Waals surface area contributed by atoms with Gasteiger partial charge in [0.25, 0.3) is 0 Å². The van der Waals surface area contributed by atoms with Gasteiger partial charge in [-0.2, -0.15) is 0 Å². The van der Waals surface area contributed by atoms with Crippen molar-refractivity contribution >= 4 is 0 Å². The molecule has 4 unspecified atom stereocenters. The van der Waals surface area contributed by atoms with E-state index in [2.05, 4.69) is 0 Å². The summed E-state index contributed by atoms with van der Waals surface area (Å²) in [5.74, 6) is 0. The van der Waals surface area contributed by atoms with Crippen LogP contribution in [0.1, 0.15) is 502 Å². The zero-order chi connectivity index (χ0) is 150. The summed E-state index contributed by atoms with van der Waals surface area (Å²) in [5, 5.41) is 0. The second-order valence-corrected chi connectivity index (χ2v) is 42.0. The predicted octanol–water partition coefficient (Wildman–Crippen LogP) is 32.1. The van der Waals surface area contributed by atoms with Crippen molar-refractivity contribution in [2.75, 3.05) is 123 Å². The van der Waals surface area contributed by atoms with Gasteiger partial charge in [-0.05, 0) is 536 Å². The first-order valence-electron chi connectivity index (χ1n) is 70.4. The van der Waals surface area contributed by atoms with Crippen molar-refractivity contribution in [2.45, 2.75) is 537 Å². The molecule has 18 nitrogen and oxygen atoms in total. The standard InChI is InChI=1S/9C13H26O2/c9*1-9-15-13(6,7)11(3)10(2)12(4,5)14-8/h9*9H2,1-8H3/b9*11-10-/i1D3,8D3,9D;1D2,8D3,9D;1D,8D3,9D2;1D,8D3,9D;8D3,9D2;8D3,9D;1D3,8D3;1D2,8D3;1D,8D3. The average Bonchev–Trinajstić information content (AvgIpc) is 0.787. The lowest BCUT2D eigenvalue weighted by atomic mass is 9.87. The highest BCUT2D eigenvalue weighted by atomic mass is 16.5. The number of rotatable bonds is 45. The lowest BCUT2D eigenvalue weighted by molar-refractivity contribution is 0.0109. The quantitative estimate of drug-likeness (QED) is 0.0528. The molecule has 0 bridgehead atoms. The zero-order valence-corrected chi connectivity index (χ0v) is 95.6. The molecule has 0 spiro atoms. The van der Waals surface area contributed by atoms with Crippen molar-refractivity contribution in [3.8, 4) is 0 Å². The van der Waals surface area contributed by atoms with Crippen molar-refractivity contribution < 1.29 is 151 Å². The Morgan fingerprint density at radius 1 is 0.163 bits per heavy atom. The fourth-order valence-electron chi connectivity index (χ4n) is 11.5. The molecule has 0 aromatic rings. The van der Waals surface area contributed by atoms with Crippen LogP contribution in [0.4, 0.5) is 0 Å². The molecule has 0 aliphatic heterocycles. The van der Waals surface area contributed by atoms with E-state index in [9.17, 15) is 0 Å². The van der Waals surface area contributed by atoms with E-state index in [0.717, 1.165) is 61.3 Å². The van der Waals surface area contributed by atoms with E-state index in [1.165, 1.54) is 6.92 Å². The van der Waals surface area contributed by atoms with Gasteiger partial charge >= 0.3 is 0 Å². The van der Waals surface area contributed by atoms with Crippen LogP contribution in [-0.4, -0.2) is 223 Å².